The molecule has 0 saturated carbocycles. The van der Waals surface area contributed by atoms with Gasteiger partial charge in [0.25, 0.3) is 11.9 Å². The number of pyridine rings is 1. The summed E-state index contributed by atoms with van der Waals surface area (Å²) in [5.41, 5.74) is 0.143. The SMILES string of the molecule is CCN(CC)C(CNc1c(F)c(F)nc(F)c1F)c1ccsc1. The molecule has 0 spiro atoms. The highest BCUT2D eigenvalue weighted by Crippen LogP contribution is 2.26. The summed E-state index contributed by atoms with van der Waals surface area (Å²) in [7, 11) is 0. The lowest BCUT2D eigenvalue weighted by Gasteiger charge is -2.30. The van der Waals surface area contributed by atoms with E-state index in [0.29, 0.717) is 0 Å². The Balaban J connectivity index is 2.26. The normalized spacial score (nSPS) is 12.7. The summed E-state index contributed by atoms with van der Waals surface area (Å²) in [6, 6.07) is 1.74. The van der Waals surface area contributed by atoms with Crippen molar-refractivity contribution in [3.63, 3.8) is 0 Å². The first-order valence-electron chi connectivity index (χ1n) is 7.19. The summed E-state index contributed by atoms with van der Waals surface area (Å²) in [5, 5.41) is 6.33. The summed E-state index contributed by atoms with van der Waals surface area (Å²) in [4.78, 5) is 4.63. The number of hydrogen-bond acceptors (Lipinski definition) is 4. The smallest absolute Gasteiger partial charge is 0.253 e. The minimum absolute atomic E-state index is 0.106. The van der Waals surface area contributed by atoms with Gasteiger partial charge >= 0.3 is 0 Å². The Morgan fingerprint density at radius 2 is 1.74 bits per heavy atom. The van der Waals surface area contributed by atoms with E-state index >= 15 is 0 Å². The van der Waals surface area contributed by atoms with E-state index in [1.807, 2.05) is 30.7 Å². The van der Waals surface area contributed by atoms with Gasteiger partial charge in [-0.05, 0) is 35.5 Å². The van der Waals surface area contributed by atoms with E-state index in [9.17, 15) is 17.6 Å². The van der Waals surface area contributed by atoms with Crippen LogP contribution in [0.25, 0.3) is 0 Å². The van der Waals surface area contributed by atoms with Gasteiger partial charge in [0, 0.05) is 6.54 Å². The van der Waals surface area contributed by atoms with Crippen molar-refractivity contribution < 1.29 is 17.6 Å². The van der Waals surface area contributed by atoms with Crippen LogP contribution in [0.4, 0.5) is 23.2 Å². The van der Waals surface area contributed by atoms with Crippen molar-refractivity contribution in [2.75, 3.05) is 25.0 Å². The number of nitrogens with zero attached hydrogens (tertiary/aromatic N) is 2. The molecule has 0 aliphatic heterocycles. The van der Waals surface area contributed by atoms with Gasteiger partial charge in [-0.2, -0.15) is 33.9 Å². The lowest BCUT2D eigenvalue weighted by molar-refractivity contribution is 0.228. The highest BCUT2D eigenvalue weighted by Gasteiger charge is 2.23. The molecular formula is C15H17F4N3S. The van der Waals surface area contributed by atoms with Crippen molar-refractivity contribution in [2.45, 2.75) is 19.9 Å². The molecule has 0 saturated heterocycles. The van der Waals surface area contributed by atoms with Crippen molar-refractivity contribution >= 4 is 17.0 Å². The molecule has 0 aliphatic rings. The second-order valence-electron chi connectivity index (χ2n) is 4.87. The van der Waals surface area contributed by atoms with Gasteiger partial charge in [0.1, 0.15) is 5.69 Å². The van der Waals surface area contributed by atoms with E-state index in [1.54, 1.807) is 0 Å². The molecule has 3 nitrogen and oxygen atoms in total. The van der Waals surface area contributed by atoms with Crippen molar-refractivity contribution in [1.29, 1.82) is 0 Å². The van der Waals surface area contributed by atoms with Gasteiger partial charge in [-0.3, -0.25) is 4.90 Å². The zero-order chi connectivity index (χ0) is 17.0. The molecule has 2 heterocycles. The number of aromatic nitrogens is 1. The Bertz CT molecular complexity index is 618. The fourth-order valence-electron chi connectivity index (χ4n) is 2.43. The van der Waals surface area contributed by atoms with Gasteiger partial charge in [-0.25, -0.2) is 0 Å². The highest BCUT2D eigenvalue weighted by atomic mass is 32.1. The van der Waals surface area contributed by atoms with Crippen LogP contribution in [0.5, 0.6) is 0 Å². The maximum Gasteiger partial charge on any atom is 0.253 e. The summed E-state index contributed by atoms with van der Waals surface area (Å²) in [6.07, 6.45) is 0. The first-order valence-corrected chi connectivity index (χ1v) is 8.13. The fourth-order valence-corrected chi connectivity index (χ4v) is 3.13. The van der Waals surface area contributed by atoms with Crippen LogP contribution >= 0.6 is 11.3 Å². The Hall–Kier alpha value is -1.67. The molecule has 0 fully saturated rings. The number of rotatable bonds is 7. The number of anilines is 1. The molecule has 1 atom stereocenters. The van der Waals surface area contributed by atoms with Gasteiger partial charge in [0.05, 0.1) is 6.04 Å². The standard InChI is InChI=1S/C15H17F4N3S/c1-3-22(4-2)10(9-5-6-23-8-9)7-20-13-11(16)14(18)21-15(19)12(13)17/h5-6,8,10H,3-4,7H2,1-2H3,(H,20,21). The van der Waals surface area contributed by atoms with E-state index in [0.717, 1.165) is 18.7 Å². The van der Waals surface area contributed by atoms with E-state index in [2.05, 4.69) is 15.2 Å². The Labute approximate surface area is 136 Å². The maximum atomic E-state index is 13.7. The van der Waals surface area contributed by atoms with Gasteiger partial charge in [-0.1, -0.05) is 13.8 Å². The first-order chi connectivity index (χ1) is 11.0. The lowest BCUT2D eigenvalue weighted by Crippen LogP contribution is -2.33. The molecule has 0 aromatic carbocycles. The molecule has 2 aromatic rings. The van der Waals surface area contributed by atoms with Crippen LogP contribution in [0.2, 0.25) is 0 Å². The molecule has 23 heavy (non-hydrogen) atoms. The third-order valence-corrected chi connectivity index (χ3v) is 4.35. The Kier molecular flexibility index (Phi) is 5.95. The molecule has 126 valence electrons. The molecule has 0 radical (unpaired) electrons. The molecule has 1 N–H and O–H groups in total. The molecule has 0 aliphatic carbocycles. The minimum Gasteiger partial charge on any atom is -0.378 e. The largest absolute Gasteiger partial charge is 0.378 e. The van der Waals surface area contributed by atoms with Crippen LogP contribution in [0.3, 0.4) is 0 Å². The molecular weight excluding hydrogens is 330 g/mol. The van der Waals surface area contributed by atoms with Crippen LogP contribution in [0.1, 0.15) is 25.5 Å². The van der Waals surface area contributed by atoms with Crippen LogP contribution < -0.4 is 5.32 Å². The summed E-state index contributed by atoms with van der Waals surface area (Å²) in [5.74, 6) is -6.37. The fraction of sp³-hybridized carbons (Fsp3) is 0.400. The Morgan fingerprint density at radius 1 is 1.13 bits per heavy atom. The number of nitrogens with one attached hydrogen (secondary N) is 1. The van der Waals surface area contributed by atoms with Gasteiger partial charge in [0.15, 0.2) is 0 Å². The van der Waals surface area contributed by atoms with Crippen LogP contribution in [0.15, 0.2) is 16.8 Å². The number of thiophene rings is 1. The van der Waals surface area contributed by atoms with E-state index in [1.165, 1.54) is 11.3 Å². The lowest BCUT2D eigenvalue weighted by atomic mass is 10.1. The summed E-state index contributed by atoms with van der Waals surface area (Å²) in [6.45, 7) is 5.49. The molecule has 2 aromatic heterocycles. The van der Waals surface area contributed by atoms with Gasteiger partial charge < -0.3 is 5.32 Å². The van der Waals surface area contributed by atoms with Crippen LogP contribution in [-0.2, 0) is 0 Å². The molecule has 1 unspecified atom stereocenters. The predicted octanol–water partition coefficient (Wildman–Crippen LogP) is 4.19. The van der Waals surface area contributed by atoms with Gasteiger partial charge in [-0.15, -0.1) is 0 Å². The molecule has 0 bridgehead atoms. The van der Waals surface area contributed by atoms with Crippen molar-refractivity contribution in [1.82, 2.24) is 9.88 Å². The molecule has 8 heteroatoms. The number of likely N-dealkylation sites (N-methyl/N-ethyl adjacent to an activating group) is 1. The van der Waals surface area contributed by atoms with Crippen LogP contribution in [-0.4, -0.2) is 29.5 Å². The van der Waals surface area contributed by atoms with Crippen LogP contribution in [0, 0.1) is 23.5 Å². The van der Waals surface area contributed by atoms with E-state index < -0.39 is 29.2 Å². The first kappa shape index (κ1) is 17.7. The predicted molar refractivity (Wildman–Crippen MR) is 82.5 cm³/mol. The maximum absolute atomic E-state index is 13.7. The zero-order valence-corrected chi connectivity index (χ0v) is 13.6. The topological polar surface area (TPSA) is 28.2 Å². The zero-order valence-electron chi connectivity index (χ0n) is 12.7. The highest BCUT2D eigenvalue weighted by molar-refractivity contribution is 7.07. The number of halogens is 4. The average molecular weight is 347 g/mol. The Morgan fingerprint density at radius 3 is 2.22 bits per heavy atom. The van der Waals surface area contributed by atoms with Gasteiger partial charge in [0.2, 0.25) is 11.6 Å². The monoisotopic (exact) mass is 347 g/mol. The number of hydrogen-bond donors (Lipinski definition) is 1. The summed E-state index contributed by atoms with van der Waals surface area (Å²) < 4.78 is 53.7. The van der Waals surface area contributed by atoms with Crippen molar-refractivity contribution in [3.8, 4) is 0 Å². The third-order valence-electron chi connectivity index (χ3n) is 3.65. The molecule has 0 amide bonds. The minimum atomic E-state index is -1.67. The quantitative estimate of drug-likeness (QED) is 0.601. The van der Waals surface area contributed by atoms with Crippen molar-refractivity contribution in [3.05, 3.63) is 45.9 Å². The second kappa shape index (κ2) is 7.74. The second-order valence-corrected chi connectivity index (χ2v) is 5.65. The van der Waals surface area contributed by atoms with E-state index in [-0.39, 0.29) is 12.6 Å². The third kappa shape index (κ3) is 3.81. The van der Waals surface area contributed by atoms with Crippen molar-refractivity contribution in [2.24, 2.45) is 0 Å². The van der Waals surface area contributed by atoms with E-state index in [4.69, 9.17) is 0 Å². The molecule has 2 rings (SSSR count). The average Bonchev–Trinajstić information content (AvgIpc) is 3.06. The summed E-state index contributed by atoms with van der Waals surface area (Å²) >= 11 is 1.51.